The summed E-state index contributed by atoms with van der Waals surface area (Å²) in [6.45, 7) is 0. The maximum absolute atomic E-state index is 10.7. The molecule has 1 aromatic carbocycles. The van der Waals surface area contributed by atoms with Gasteiger partial charge in [0, 0.05) is 10.6 Å². The summed E-state index contributed by atoms with van der Waals surface area (Å²) in [4.78, 5) is 21.1. The van der Waals surface area contributed by atoms with E-state index in [0.29, 0.717) is 0 Å². The second-order valence-corrected chi connectivity index (χ2v) is 2.56. The summed E-state index contributed by atoms with van der Waals surface area (Å²) in [5.41, 5.74) is 5.27. The number of hydrazine groups is 1. The van der Waals surface area contributed by atoms with Gasteiger partial charge in [-0.25, -0.2) is 10.1 Å². The van der Waals surface area contributed by atoms with Gasteiger partial charge in [0.25, 0.3) is 6.19 Å². The molecule has 0 fully saturated rings. The molecule has 1 rings (SSSR count). The number of hydrogen-bond donors (Lipinski definition) is 1. The Morgan fingerprint density at radius 1 is 1.47 bits per heavy atom. The van der Waals surface area contributed by atoms with Gasteiger partial charge in [0.2, 0.25) is 5.91 Å². The minimum Gasteiger partial charge on any atom is -0.366 e. The molecule has 0 spiro atoms. The second kappa shape index (κ2) is 4.06. The first-order valence-electron chi connectivity index (χ1n) is 3.80. The number of benzene rings is 1. The van der Waals surface area contributed by atoms with Crippen molar-refractivity contribution in [2.75, 3.05) is 5.01 Å². The van der Waals surface area contributed by atoms with Gasteiger partial charge < -0.3 is 5.73 Å². The third-order valence-corrected chi connectivity index (χ3v) is 1.65. The fourth-order valence-corrected chi connectivity index (χ4v) is 0.955. The van der Waals surface area contributed by atoms with Crippen LogP contribution in [0.2, 0.25) is 0 Å². The monoisotopic (exact) mass is 206 g/mol. The van der Waals surface area contributed by atoms with Gasteiger partial charge >= 0.3 is 0 Å². The van der Waals surface area contributed by atoms with Gasteiger partial charge in [-0.05, 0) is 24.3 Å². The molecule has 76 valence electrons. The van der Waals surface area contributed by atoms with E-state index in [4.69, 9.17) is 11.0 Å². The number of nitrogens with zero attached hydrogens (tertiary/aromatic N) is 3. The number of carbonyl (C=O) groups excluding carboxylic acids is 1. The Morgan fingerprint density at radius 3 is 2.33 bits per heavy atom. The molecule has 0 atom stereocenters. The summed E-state index contributed by atoms with van der Waals surface area (Å²) in [6, 6.07) is 5.16. The lowest BCUT2D eigenvalue weighted by Gasteiger charge is -2.04. The van der Waals surface area contributed by atoms with Crippen LogP contribution in [0.5, 0.6) is 0 Å². The molecule has 0 aliphatic carbocycles. The van der Waals surface area contributed by atoms with Gasteiger partial charge in [-0.15, -0.1) is 0 Å². The molecule has 0 heterocycles. The van der Waals surface area contributed by atoms with Gasteiger partial charge in [-0.2, -0.15) is 5.26 Å². The molecule has 1 aromatic rings. The average molecular weight is 206 g/mol. The zero-order chi connectivity index (χ0) is 11.4. The molecule has 1 amide bonds. The highest BCUT2D eigenvalue weighted by Gasteiger charge is 2.16. The van der Waals surface area contributed by atoms with Crippen LogP contribution in [-0.4, -0.2) is 10.9 Å². The summed E-state index contributed by atoms with van der Waals surface area (Å²) in [5.74, 6) is -0.633. The van der Waals surface area contributed by atoms with Crippen LogP contribution in [0.1, 0.15) is 10.4 Å². The predicted octanol–water partition coefficient (Wildman–Crippen LogP) is 0.265. The van der Waals surface area contributed by atoms with Crippen LogP contribution < -0.4 is 10.7 Å². The zero-order valence-corrected chi connectivity index (χ0v) is 7.45. The first kappa shape index (κ1) is 10.5. The minimum atomic E-state index is -0.862. The van der Waals surface area contributed by atoms with Crippen molar-refractivity contribution in [2.45, 2.75) is 0 Å². The van der Waals surface area contributed by atoms with E-state index in [1.165, 1.54) is 30.5 Å². The van der Waals surface area contributed by atoms with E-state index in [1.54, 1.807) is 0 Å². The number of carbonyl (C=O) groups is 1. The van der Waals surface area contributed by atoms with Crippen LogP contribution in [0.25, 0.3) is 0 Å². The summed E-state index contributed by atoms with van der Waals surface area (Å²) in [6.07, 6.45) is 1.38. The topological polar surface area (TPSA) is 113 Å². The molecule has 0 aromatic heterocycles. The van der Waals surface area contributed by atoms with Gasteiger partial charge in [0.05, 0.1) is 0 Å². The third kappa shape index (κ3) is 2.19. The van der Waals surface area contributed by atoms with Crippen molar-refractivity contribution < 1.29 is 9.83 Å². The Hall–Kier alpha value is -2.62. The first-order valence-corrected chi connectivity index (χ1v) is 3.80. The van der Waals surface area contributed by atoms with E-state index in [-0.39, 0.29) is 16.3 Å². The number of anilines is 1. The van der Waals surface area contributed by atoms with Crippen LogP contribution in [0.4, 0.5) is 5.69 Å². The lowest BCUT2D eigenvalue weighted by Crippen LogP contribution is -2.23. The molecular formula is C8H6N4O3. The minimum absolute atomic E-state index is 0.0625. The van der Waals surface area contributed by atoms with Crippen LogP contribution in [0.3, 0.4) is 0 Å². The highest BCUT2D eigenvalue weighted by Crippen LogP contribution is 2.14. The summed E-state index contributed by atoms with van der Waals surface area (Å²) in [5, 5.41) is 18.3. The van der Waals surface area contributed by atoms with Crippen LogP contribution >= 0.6 is 0 Å². The molecule has 0 unspecified atom stereocenters. The molecule has 7 nitrogen and oxygen atoms in total. The molecular weight excluding hydrogens is 200 g/mol. The van der Waals surface area contributed by atoms with E-state index < -0.39 is 10.9 Å². The maximum atomic E-state index is 10.7. The Labute approximate surface area is 84.4 Å². The number of hydrogen-bond acceptors (Lipinski definition) is 4. The molecule has 0 aliphatic heterocycles. The lowest BCUT2D eigenvalue weighted by atomic mass is 10.2. The first-order chi connectivity index (χ1) is 7.06. The fourth-order valence-electron chi connectivity index (χ4n) is 0.955. The maximum Gasteiger partial charge on any atom is 0.251 e. The molecule has 0 radical (unpaired) electrons. The van der Waals surface area contributed by atoms with Crippen molar-refractivity contribution in [3.8, 4) is 6.19 Å². The Bertz CT molecular complexity index is 434. The normalized spacial score (nSPS) is 9.00. The highest BCUT2D eigenvalue weighted by atomic mass is 16.7. The molecule has 15 heavy (non-hydrogen) atoms. The number of rotatable bonds is 3. The van der Waals surface area contributed by atoms with Crippen molar-refractivity contribution in [3.63, 3.8) is 0 Å². The number of nitro groups is 1. The van der Waals surface area contributed by atoms with Crippen LogP contribution in [0, 0.1) is 21.6 Å². The second-order valence-electron chi connectivity index (χ2n) is 2.56. The Balaban J connectivity index is 3.03. The Kier molecular flexibility index (Phi) is 2.83. The van der Waals surface area contributed by atoms with E-state index in [1.807, 2.05) is 0 Å². The molecule has 0 saturated heterocycles. The molecule has 0 bridgehead atoms. The molecule has 2 N–H and O–H groups in total. The van der Waals surface area contributed by atoms with E-state index in [0.717, 1.165) is 0 Å². The lowest BCUT2D eigenvalue weighted by molar-refractivity contribution is -0.483. The van der Waals surface area contributed by atoms with Crippen molar-refractivity contribution in [3.05, 3.63) is 39.9 Å². The Morgan fingerprint density at radius 2 is 2.00 bits per heavy atom. The number of amides is 1. The van der Waals surface area contributed by atoms with Gasteiger partial charge in [0.1, 0.15) is 5.69 Å². The molecule has 7 heteroatoms. The van der Waals surface area contributed by atoms with Crippen LogP contribution in [-0.2, 0) is 0 Å². The van der Waals surface area contributed by atoms with Crippen molar-refractivity contribution >= 4 is 11.6 Å². The quantitative estimate of drug-likeness (QED) is 0.330. The number of nitriles is 1. The largest absolute Gasteiger partial charge is 0.366 e. The van der Waals surface area contributed by atoms with E-state index >= 15 is 0 Å². The molecule has 0 saturated carbocycles. The standard InChI is InChI=1S/C8H6N4O3/c9-5-11(12(14)15)7-3-1-6(2-4-7)8(10)13/h1-4H,(H2,10,13). The van der Waals surface area contributed by atoms with E-state index in [9.17, 15) is 14.9 Å². The van der Waals surface area contributed by atoms with E-state index in [2.05, 4.69) is 0 Å². The average Bonchev–Trinajstić information content (AvgIpc) is 2.19. The number of primary amides is 1. The molecule has 0 aliphatic rings. The zero-order valence-electron chi connectivity index (χ0n) is 7.45. The SMILES string of the molecule is N#CN(c1ccc(C(N)=O)cc1)[N+](=O)[O-]. The third-order valence-electron chi connectivity index (χ3n) is 1.65. The van der Waals surface area contributed by atoms with Gasteiger partial charge in [-0.3, -0.25) is 4.79 Å². The van der Waals surface area contributed by atoms with Crippen molar-refractivity contribution in [2.24, 2.45) is 5.73 Å². The summed E-state index contributed by atoms with van der Waals surface area (Å²) in [7, 11) is 0. The highest BCUT2D eigenvalue weighted by molar-refractivity contribution is 5.93. The predicted molar refractivity (Wildman–Crippen MR) is 50.0 cm³/mol. The van der Waals surface area contributed by atoms with Crippen LogP contribution in [0.15, 0.2) is 24.3 Å². The summed E-state index contributed by atoms with van der Waals surface area (Å²) >= 11 is 0. The van der Waals surface area contributed by atoms with Crippen molar-refractivity contribution in [1.82, 2.24) is 0 Å². The summed E-state index contributed by atoms with van der Waals surface area (Å²) < 4.78 is 0. The number of nitrogens with two attached hydrogens (primary N) is 1. The van der Waals surface area contributed by atoms with Crippen molar-refractivity contribution in [1.29, 1.82) is 5.26 Å². The fraction of sp³-hybridized carbons (Fsp3) is 0. The smallest absolute Gasteiger partial charge is 0.251 e. The van der Waals surface area contributed by atoms with Gasteiger partial charge in [-0.1, -0.05) is 0 Å². The van der Waals surface area contributed by atoms with Gasteiger partial charge in [0.15, 0.2) is 5.03 Å².